The number of nitrogens with two attached hydrogens (primary N) is 1. The Labute approximate surface area is 99.2 Å². The highest BCUT2D eigenvalue weighted by Gasteiger charge is 2.39. The fourth-order valence-electron chi connectivity index (χ4n) is 2.95. The molecule has 1 aromatic rings. The van der Waals surface area contributed by atoms with Crippen molar-refractivity contribution in [1.29, 1.82) is 0 Å². The molecule has 17 heavy (non-hydrogen) atoms. The summed E-state index contributed by atoms with van der Waals surface area (Å²) in [6.45, 7) is 1.01. The van der Waals surface area contributed by atoms with Gasteiger partial charge < -0.3 is 15.8 Å². The molecule has 1 aliphatic carbocycles. The van der Waals surface area contributed by atoms with Crippen LogP contribution in [-0.4, -0.2) is 33.6 Å². The van der Waals surface area contributed by atoms with E-state index >= 15 is 0 Å². The van der Waals surface area contributed by atoms with Crippen LogP contribution in [0.2, 0.25) is 0 Å². The minimum atomic E-state index is 0.0240. The lowest BCUT2D eigenvalue weighted by Gasteiger charge is -2.28. The molecule has 1 saturated carbocycles. The highest BCUT2D eigenvalue weighted by Crippen LogP contribution is 2.39. The van der Waals surface area contributed by atoms with Crippen LogP contribution in [0.3, 0.4) is 0 Å². The quantitative estimate of drug-likeness (QED) is 0.337. The van der Waals surface area contributed by atoms with Gasteiger partial charge in [0, 0.05) is 25.0 Å². The molecule has 6 heteroatoms. The summed E-state index contributed by atoms with van der Waals surface area (Å²) in [5.41, 5.74) is 6.11. The van der Waals surface area contributed by atoms with Crippen molar-refractivity contribution in [2.45, 2.75) is 25.3 Å². The molecule has 2 fully saturated rings. The minimum absolute atomic E-state index is 0.0240. The molecule has 0 spiro atoms. The van der Waals surface area contributed by atoms with Crippen LogP contribution in [0.25, 0.3) is 0 Å². The molecule has 3 N–H and O–H groups in total. The number of rotatable bonds is 2. The van der Waals surface area contributed by atoms with Crippen LogP contribution in [0, 0.1) is 5.92 Å². The normalized spacial score (nSPS) is 27.8. The van der Waals surface area contributed by atoms with Crippen molar-refractivity contribution in [1.82, 2.24) is 9.97 Å². The molecule has 1 aliphatic heterocycles. The Morgan fingerprint density at radius 2 is 2.24 bits per heavy atom. The lowest BCUT2D eigenvalue weighted by atomic mass is 10.1. The van der Waals surface area contributed by atoms with E-state index in [1.165, 1.54) is 19.3 Å². The van der Waals surface area contributed by atoms with Crippen LogP contribution < -0.4 is 10.6 Å². The maximum atomic E-state index is 8.76. The third kappa shape index (κ3) is 1.60. The summed E-state index contributed by atoms with van der Waals surface area (Å²) in [7, 11) is 0. The average molecular weight is 233 g/mol. The average Bonchev–Trinajstić information content (AvgIpc) is 3.00. The van der Waals surface area contributed by atoms with Gasteiger partial charge in [-0.15, -0.1) is 0 Å². The first-order valence-corrected chi connectivity index (χ1v) is 5.85. The first-order valence-electron chi connectivity index (χ1n) is 5.85. The van der Waals surface area contributed by atoms with Crippen molar-refractivity contribution in [3.8, 4) is 0 Å². The van der Waals surface area contributed by atoms with Crippen molar-refractivity contribution in [2.24, 2.45) is 16.8 Å². The molecule has 2 atom stereocenters. The van der Waals surface area contributed by atoms with E-state index in [0.29, 0.717) is 11.7 Å². The molecule has 90 valence electrons. The molecule has 0 amide bonds. The van der Waals surface area contributed by atoms with Crippen molar-refractivity contribution >= 4 is 11.7 Å². The first-order chi connectivity index (χ1) is 8.29. The Hall–Kier alpha value is -1.85. The Kier molecular flexibility index (Phi) is 2.35. The number of amidine groups is 1. The number of nitrogens with zero attached hydrogens (tertiary/aromatic N) is 4. The summed E-state index contributed by atoms with van der Waals surface area (Å²) < 4.78 is 0. The van der Waals surface area contributed by atoms with Crippen LogP contribution in [0.1, 0.15) is 25.0 Å². The monoisotopic (exact) mass is 233 g/mol. The number of fused-ring (bicyclic) bond motifs is 2. The van der Waals surface area contributed by atoms with Gasteiger partial charge in [0.05, 0.1) is 0 Å². The van der Waals surface area contributed by atoms with E-state index in [0.717, 1.165) is 18.3 Å². The first kappa shape index (κ1) is 10.3. The number of hydrogen-bond acceptors (Lipinski definition) is 5. The number of piperidine rings is 1. The Balaban J connectivity index is 1.98. The third-order valence-electron chi connectivity index (χ3n) is 3.71. The third-order valence-corrected chi connectivity index (χ3v) is 3.71. The topological polar surface area (TPSA) is 87.6 Å². The number of anilines is 1. The molecule has 2 bridgehead atoms. The fraction of sp³-hybridized carbons (Fsp3) is 0.545. The molecule has 0 radical (unpaired) electrons. The lowest BCUT2D eigenvalue weighted by molar-refractivity contribution is 0.318. The zero-order valence-corrected chi connectivity index (χ0v) is 9.45. The molecule has 1 aromatic heterocycles. The predicted octanol–water partition coefficient (Wildman–Crippen LogP) is 0.560. The van der Waals surface area contributed by atoms with Gasteiger partial charge in [0.15, 0.2) is 17.3 Å². The van der Waals surface area contributed by atoms with Gasteiger partial charge >= 0.3 is 0 Å². The van der Waals surface area contributed by atoms with Gasteiger partial charge in [0.25, 0.3) is 0 Å². The van der Waals surface area contributed by atoms with Crippen LogP contribution >= 0.6 is 0 Å². The van der Waals surface area contributed by atoms with Crippen molar-refractivity contribution in [3.05, 3.63) is 18.1 Å². The number of aromatic nitrogens is 2. The Bertz CT molecular complexity index is 461. The van der Waals surface area contributed by atoms with Gasteiger partial charge in [0.1, 0.15) is 0 Å². The van der Waals surface area contributed by atoms with Gasteiger partial charge in [-0.05, 0) is 25.2 Å². The van der Waals surface area contributed by atoms with Gasteiger partial charge in [-0.2, -0.15) is 0 Å². The van der Waals surface area contributed by atoms with Gasteiger partial charge in [-0.3, -0.25) is 0 Å². The van der Waals surface area contributed by atoms with Crippen LogP contribution in [0.4, 0.5) is 5.82 Å². The Morgan fingerprint density at radius 1 is 1.41 bits per heavy atom. The van der Waals surface area contributed by atoms with E-state index in [4.69, 9.17) is 10.9 Å². The number of oxime groups is 1. The molecule has 3 rings (SSSR count). The summed E-state index contributed by atoms with van der Waals surface area (Å²) >= 11 is 0. The maximum Gasteiger partial charge on any atom is 0.192 e. The highest BCUT2D eigenvalue weighted by atomic mass is 16.4. The van der Waals surface area contributed by atoms with E-state index < -0.39 is 0 Å². The molecule has 6 nitrogen and oxygen atoms in total. The van der Waals surface area contributed by atoms with Crippen molar-refractivity contribution in [2.75, 3.05) is 11.4 Å². The lowest BCUT2D eigenvalue weighted by Crippen LogP contribution is -2.35. The van der Waals surface area contributed by atoms with E-state index in [1.807, 2.05) is 0 Å². The van der Waals surface area contributed by atoms with Crippen molar-refractivity contribution < 1.29 is 5.21 Å². The van der Waals surface area contributed by atoms with Crippen LogP contribution in [0.5, 0.6) is 0 Å². The van der Waals surface area contributed by atoms with Gasteiger partial charge in [-0.1, -0.05) is 5.16 Å². The van der Waals surface area contributed by atoms with Crippen LogP contribution in [-0.2, 0) is 0 Å². The van der Waals surface area contributed by atoms with E-state index in [9.17, 15) is 0 Å². The molecule has 2 heterocycles. The smallest absolute Gasteiger partial charge is 0.192 e. The molecule has 0 aromatic carbocycles. The minimum Gasteiger partial charge on any atom is -0.409 e. The highest BCUT2D eigenvalue weighted by molar-refractivity contribution is 5.99. The van der Waals surface area contributed by atoms with Gasteiger partial charge in [0.2, 0.25) is 0 Å². The largest absolute Gasteiger partial charge is 0.409 e. The second-order valence-corrected chi connectivity index (χ2v) is 4.70. The molecule has 2 unspecified atom stereocenters. The van der Waals surface area contributed by atoms with E-state index in [-0.39, 0.29) is 5.84 Å². The SMILES string of the molecule is N/C(=N\O)c1nccnc1N1CC2CCC1C2. The zero-order chi connectivity index (χ0) is 11.8. The summed E-state index contributed by atoms with van der Waals surface area (Å²) in [6.07, 6.45) is 6.95. The van der Waals surface area contributed by atoms with Gasteiger partial charge in [-0.25, -0.2) is 9.97 Å². The molecular weight excluding hydrogens is 218 g/mol. The molecule has 2 aliphatic rings. The maximum absolute atomic E-state index is 8.76. The zero-order valence-electron chi connectivity index (χ0n) is 9.45. The van der Waals surface area contributed by atoms with Crippen LogP contribution in [0.15, 0.2) is 17.5 Å². The second kappa shape index (κ2) is 3.87. The summed E-state index contributed by atoms with van der Waals surface area (Å²) in [6, 6.07) is 0.543. The van der Waals surface area contributed by atoms with Crippen molar-refractivity contribution in [3.63, 3.8) is 0 Å². The number of hydrogen-bond donors (Lipinski definition) is 2. The Morgan fingerprint density at radius 3 is 2.88 bits per heavy atom. The molecule has 1 saturated heterocycles. The summed E-state index contributed by atoms with van der Waals surface area (Å²) in [5.74, 6) is 1.54. The summed E-state index contributed by atoms with van der Waals surface area (Å²) in [4.78, 5) is 10.7. The molecular formula is C11H15N5O. The fourth-order valence-corrected chi connectivity index (χ4v) is 2.95. The summed E-state index contributed by atoms with van der Waals surface area (Å²) in [5, 5.41) is 11.8. The predicted molar refractivity (Wildman–Crippen MR) is 63.0 cm³/mol. The van der Waals surface area contributed by atoms with E-state index in [1.54, 1.807) is 12.4 Å². The van der Waals surface area contributed by atoms with E-state index in [2.05, 4.69) is 20.0 Å². The second-order valence-electron chi connectivity index (χ2n) is 4.70. The standard InChI is InChI=1S/C11H15N5O/c12-10(15-17)9-11(14-4-3-13-9)16-6-7-1-2-8(16)5-7/h3-4,7-8,17H,1-2,5-6H2,(H2,12,15).